The third kappa shape index (κ3) is 6.26. The number of hydrogen-bond donors (Lipinski definition) is 1. The lowest BCUT2D eigenvalue weighted by Gasteiger charge is -2.22. The third-order valence-electron chi connectivity index (χ3n) is 4.86. The molecule has 1 heterocycles. The van der Waals surface area contributed by atoms with Crippen LogP contribution in [0.1, 0.15) is 58.2 Å². The number of nitrogens with zero attached hydrogens (tertiary/aromatic N) is 3. The summed E-state index contributed by atoms with van der Waals surface area (Å²) in [5, 5.41) is 9.94. The highest BCUT2D eigenvalue weighted by atomic mass is 35.5. The number of aryl methyl sites for hydroxylation is 2. The molecule has 0 aliphatic carbocycles. The average Bonchev–Trinajstić information content (AvgIpc) is 2.98. The summed E-state index contributed by atoms with van der Waals surface area (Å²) in [5.41, 5.74) is 2.11. The number of hydrogen-bond acceptors (Lipinski definition) is 3. The molecule has 5 heteroatoms. The van der Waals surface area contributed by atoms with E-state index in [2.05, 4.69) is 23.3 Å². The summed E-state index contributed by atoms with van der Waals surface area (Å²) in [6.07, 6.45) is 7.70. The lowest BCUT2D eigenvalue weighted by atomic mass is 10.2. The van der Waals surface area contributed by atoms with E-state index in [9.17, 15) is 5.11 Å². The van der Waals surface area contributed by atoms with Crippen LogP contribution in [0.5, 0.6) is 0 Å². The van der Waals surface area contributed by atoms with E-state index in [1.165, 1.54) is 38.8 Å². The van der Waals surface area contributed by atoms with Crippen LogP contribution >= 0.6 is 11.6 Å². The normalized spacial score (nSPS) is 11.7. The van der Waals surface area contributed by atoms with Gasteiger partial charge in [-0.25, -0.2) is 4.98 Å². The van der Waals surface area contributed by atoms with Gasteiger partial charge in [0.1, 0.15) is 5.82 Å². The van der Waals surface area contributed by atoms with Gasteiger partial charge in [0.25, 0.3) is 0 Å². The van der Waals surface area contributed by atoms with Crippen LogP contribution in [-0.2, 0) is 13.0 Å². The molecule has 0 fully saturated rings. The van der Waals surface area contributed by atoms with Gasteiger partial charge in [-0.05, 0) is 63.5 Å². The second-order valence-electron chi connectivity index (χ2n) is 7.04. The Bertz CT molecular complexity index is 648. The van der Waals surface area contributed by atoms with Gasteiger partial charge in [0.15, 0.2) is 0 Å². The molecular weight excluding hydrogens is 346 g/mol. The summed E-state index contributed by atoms with van der Waals surface area (Å²) < 4.78 is 2.30. The van der Waals surface area contributed by atoms with Crippen molar-refractivity contribution in [1.82, 2.24) is 14.5 Å². The van der Waals surface area contributed by atoms with Gasteiger partial charge in [-0.2, -0.15) is 0 Å². The second kappa shape index (κ2) is 11.6. The second-order valence-corrected chi connectivity index (χ2v) is 7.48. The lowest BCUT2D eigenvalue weighted by Crippen LogP contribution is -2.28. The number of unbranched alkanes of at least 4 members (excludes halogenated alkanes) is 2. The van der Waals surface area contributed by atoms with E-state index < -0.39 is 0 Å². The molecule has 2 rings (SSSR count). The number of imidazole rings is 1. The first kappa shape index (κ1) is 21.2. The Morgan fingerprint density at radius 3 is 2.38 bits per heavy atom. The Hall–Kier alpha value is -1.10. The number of aromatic nitrogens is 2. The first-order chi connectivity index (χ1) is 12.7. The predicted molar refractivity (Wildman–Crippen MR) is 111 cm³/mol. The first-order valence-corrected chi connectivity index (χ1v) is 10.5. The van der Waals surface area contributed by atoms with Gasteiger partial charge < -0.3 is 14.6 Å². The van der Waals surface area contributed by atoms with Crippen LogP contribution in [0.25, 0.3) is 11.0 Å². The quantitative estimate of drug-likeness (QED) is 0.537. The molecule has 0 saturated carbocycles. The van der Waals surface area contributed by atoms with E-state index in [4.69, 9.17) is 16.6 Å². The molecule has 146 valence electrons. The van der Waals surface area contributed by atoms with Gasteiger partial charge in [0, 0.05) is 24.6 Å². The zero-order valence-electron chi connectivity index (χ0n) is 16.4. The minimum absolute atomic E-state index is 0.200. The molecule has 0 aliphatic heterocycles. The fourth-order valence-corrected chi connectivity index (χ4v) is 3.54. The molecule has 1 aromatic heterocycles. The van der Waals surface area contributed by atoms with Crippen molar-refractivity contribution in [3.63, 3.8) is 0 Å². The molecule has 4 nitrogen and oxygen atoms in total. The van der Waals surface area contributed by atoms with Crippen LogP contribution in [0, 0.1) is 0 Å². The highest BCUT2D eigenvalue weighted by Gasteiger charge is 2.12. The van der Waals surface area contributed by atoms with E-state index in [1.54, 1.807) is 0 Å². The van der Waals surface area contributed by atoms with Crippen LogP contribution in [0.3, 0.4) is 0 Å². The molecule has 0 atom stereocenters. The minimum Gasteiger partial charge on any atom is -0.396 e. The number of rotatable bonds is 13. The van der Waals surface area contributed by atoms with Crippen LogP contribution in [0.15, 0.2) is 18.2 Å². The van der Waals surface area contributed by atoms with Gasteiger partial charge in [0.2, 0.25) is 0 Å². The minimum atomic E-state index is 0.200. The molecule has 0 unspecified atom stereocenters. The summed E-state index contributed by atoms with van der Waals surface area (Å²) in [7, 11) is 0. The molecule has 0 aliphatic rings. The van der Waals surface area contributed by atoms with Crippen molar-refractivity contribution in [3.8, 4) is 0 Å². The Morgan fingerprint density at radius 2 is 1.73 bits per heavy atom. The van der Waals surface area contributed by atoms with Crippen LogP contribution in [0.2, 0.25) is 5.02 Å². The molecule has 0 bridgehead atoms. The SMILES string of the molecule is CCCCN(CCCC)CCCn1c(CCCO)nc2ccc(Cl)cc21. The third-order valence-corrected chi connectivity index (χ3v) is 5.09. The largest absolute Gasteiger partial charge is 0.396 e. The van der Waals surface area contributed by atoms with Crippen molar-refractivity contribution in [2.75, 3.05) is 26.2 Å². The topological polar surface area (TPSA) is 41.3 Å². The number of aliphatic hydroxyl groups is 1. The van der Waals surface area contributed by atoms with E-state index in [0.29, 0.717) is 0 Å². The predicted octanol–water partition coefficient (Wildman–Crippen LogP) is 4.91. The fourth-order valence-electron chi connectivity index (χ4n) is 3.37. The number of fused-ring (bicyclic) bond motifs is 1. The van der Waals surface area contributed by atoms with Crippen molar-refractivity contribution in [2.45, 2.75) is 65.3 Å². The summed E-state index contributed by atoms with van der Waals surface area (Å²) in [6, 6.07) is 5.90. The van der Waals surface area contributed by atoms with Gasteiger partial charge >= 0.3 is 0 Å². The summed E-state index contributed by atoms with van der Waals surface area (Å²) in [5.74, 6) is 1.06. The van der Waals surface area contributed by atoms with Gasteiger partial charge in [0.05, 0.1) is 11.0 Å². The standard InChI is InChI=1S/C21H34ClN3O/c1-3-5-12-24(13-6-4-2)14-8-15-25-20-17-18(22)10-11-19(20)23-21(25)9-7-16-26/h10-11,17,26H,3-9,12-16H2,1-2H3. The smallest absolute Gasteiger partial charge is 0.109 e. The molecule has 2 aromatic rings. The molecular formula is C21H34ClN3O. The Morgan fingerprint density at radius 1 is 1.04 bits per heavy atom. The van der Waals surface area contributed by atoms with Crippen molar-refractivity contribution in [1.29, 1.82) is 0 Å². The number of halogens is 1. The van der Waals surface area contributed by atoms with Crippen LogP contribution in [0.4, 0.5) is 0 Å². The molecule has 1 N–H and O–H groups in total. The summed E-state index contributed by atoms with van der Waals surface area (Å²) in [6.45, 7) is 9.19. The Balaban J connectivity index is 2.06. The molecule has 1 aromatic carbocycles. The summed E-state index contributed by atoms with van der Waals surface area (Å²) in [4.78, 5) is 7.37. The molecule has 26 heavy (non-hydrogen) atoms. The van der Waals surface area contributed by atoms with E-state index in [1.807, 2.05) is 18.2 Å². The van der Waals surface area contributed by atoms with Crippen molar-refractivity contribution in [2.24, 2.45) is 0 Å². The Kier molecular flexibility index (Phi) is 9.44. The maximum atomic E-state index is 9.19. The maximum absolute atomic E-state index is 9.19. The molecule has 0 saturated heterocycles. The number of benzene rings is 1. The van der Waals surface area contributed by atoms with Crippen LogP contribution < -0.4 is 0 Å². The lowest BCUT2D eigenvalue weighted by molar-refractivity contribution is 0.257. The highest BCUT2D eigenvalue weighted by Crippen LogP contribution is 2.22. The van der Waals surface area contributed by atoms with E-state index in [0.717, 1.165) is 54.2 Å². The van der Waals surface area contributed by atoms with Gasteiger partial charge in [-0.1, -0.05) is 38.3 Å². The highest BCUT2D eigenvalue weighted by molar-refractivity contribution is 6.31. The maximum Gasteiger partial charge on any atom is 0.109 e. The van der Waals surface area contributed by atoms with Crippen molar-refractivity contribution >= 4 is 22.6 Å². The van der Waals surface area contributed by atoms with E-state index >= 15 is 0 Å². The average molecular weight is 380 g/mol. The number of aliphatic hydroxyl groups excluding tert-OH is 1. The zero-order chi connectivity index (χ0) is 18.8. The molecule has 0 amide bonds. The van der Waals surface area contributed by atoms with Crippen molar-refractivity contribution in [3.05, 3.63) is 29.0 Å². The molecule has 0 spiro atoms. The van der Waals surface area contributed by atoms with E-state index in [-0.39, 0.29) is 6.61 Å². The molecule has 0 radical (unpaired) electrons. The van der Waals surface area contributed by atoms with Gasteiger partial charge in [-0.15, -0.1) is 0 Å². The monoisotopic (exact) mass is 379 g/mol. The first-order valence-electron chi connectivity index (χ1n) is 10.2. The fraction of sp³-hybridized carbons (Fsp3) is 0.667. The van der Waals surface area contributed by atoms with Gasteiger partial charge in [-0.3, -0.25) is 0 Å². The summed E-state index contributed by atoms with van der Waals surface area (Å²) >= 11 is 6.21. The van der Waals surface area contributed by atoms with Crippen molar-refractivity contribution < 1.29 is 5.11 Å². The zero-order valence-corrected chi connectivity index (χ0v) is 17.1. The van der Waals surface area contributed by atoms with Crippen LogP contribution in [-0.4, -0.2) is 45.8 Å². The Labute approximate surface area is 163 Å².